The van der Waals surface area contributed by atoms with Gasteiger partial charge in [0.2, 0.25) is 0 Å². The van der Waals surface area contributed by atoms with Crippen LogP contribution in [0.2, 0.25) is 0 Å². The first kappa shape index (κ1) is 13.6. The molecule has 0 aromatic heterocycles. The van der Waals surface area contributed by atoms with Gasteiger partial charge in [0.1, 0.15) is 21.6 Å². The number of hydrogen-bond donors (Lipinski definition) is 0. The highest BCUT2D eigenvalue weighted by atomic mass is 35.5. The Morgan fingerprint density at radius 3 is 1.30 bits per heavy atom. The Morgan fingerprint density at radius 1 is 0.696 bits per heavy atom. The zero-order chi connectivity index (χ0) is 16.0. The minimum absolute atomic E-state index is 0.593. The van der Waals surface area contributed by atoms with Crippen molar-refractivity contribution < 1.29 is 14.3 Å². The van der Waals surface area contributed by atoms with Crippen LogP contribution in [0.1, 0.15) is 22.3 Å². The summed E-state index contributed by atoms with van der Waals surface area (Å²) in [6.07, 6.45) is 0. The standard InChI is InChI=1S/C18H10Cl2O3/c19-17-9-5-1-2-6-10(9)18(20,12-8-4-3-7-11(12)17)14-13(17)15(21)23-16(14)22/h1-8,13-14H/t13-,14+,17?,18?. The van der Waals surface area contributed by atoms with Crippen molar-refractivity contribution in [3.63, 3.8) is 0 Å². The average Bonchev–Trinajstić information content (AvgIpc) is 2.88. The van der Waals surface area contributed by atoms with Crippen LogP contribution >= 0.6 is 23.2 Å². The van der Waals surface area contributed by atoms with E-state index in [1.165, 1.54) is 0 Å². The first-order valence-corrected chi connectivity index (χ1v) is 8.09. The van der Waals surface area contributed by atoms with E-state index in [2.05, 4.69) is 0 Å². The second kappa shape index (κ2) is 3.97. The van der Waals surface area contributed by atoms with Crippen LogP contribution in [0.25, 0.3) is 0 Å². The van der Waals surface area contributed by atoms with Crippen LogP contribution in [-0.2, 0) is 24.1 Å². The molecule has 0 radical (unpaired) electrons. The Balaban J connectivity index is 1.99. The molecule has 0 amide bonds. The summed E-state index contributed by atoms with van der Waals surface area (Å²) in [5, 5.41) is 0. The number of ether oxygens (including phenoxy) is 1. The largest absolute Gasteiger partial charge is 0.393 e. The molecule has 114 valence electrons. The fourth-order valence-electron chi connectivity index (χ4n) is 4.48. The second-order valence-corrected chi connectivity index (χ2v) is 7.40. The predicted molar refractivity (Wildman–Crippen MR) is 84.2 cm³/mol. The molecule has 3 aliphatic carbocycles. The van der Waals surface area contributed by atoms with Crippen LogP contribution in [-0.4, -0.2) is 11.9 Å². The normalized spacial score (nSPS) is 36.3. The molecule has 2 bridgehead atoms. The summed E-state index contributed by atoms with van der Waals surface area (Å²) in [4.78, 5) is 22.5. The summed E-state index contributed by atoms with van der Waals surface area (Å²) in [5.74, 6) is -2.80. The lowest BCUT2D eigenvalue weighted by atomic mass is 9.54. The van der Waals surface area contributed by atoms with E-state index < -0.39 is 33.5 Å². The van der Waals surface area contributed by atoms with Gasteiger partial charge in [-0.3, -0.25) is 9.59 Å². The number of rotatable bonds is 0. The zero-order valence-electron chi connectivity index (χ0n) is 11.8. The van der Waals surface area contributed by atoms with Crippen molar-refractivity contribution in [2.24, 2.45) is 11.8 Å². The Labute approximate surface area is 142 Å². The fourth-order valence-corrected chi connectivity index (χ4v) is 5.57. The van der Waals surface area contributed by atoms with Crippen molar-refractivity contribution in [1.82, 2.24) is 0 Å². The molecule has 0 N–H and O–H groups in total. The van der Waals surface area contributed by atoms with Crippen LogP contribution in [0.15, 0.2) is 48.5 Å². The molecular weight excluding hydrogens is 335 g/mol. The van der Waals surface area contributed by atoms with E-state index in [9.17, 15) is 9.59 Å². The van der Waals surface area contributed by atoms with E-state index in [0.717, 1.165) is 22.3 Å². The molecule has 3 nitrogen and oxygen atoms in total. The molecule has 0 unspecified atom stereocenters. The second-order valence-electron chi connectivity index (χ2n) is 6.21. The van der Waals surface area contributed by atoms with Crippen molar-refractivity contribution in [3.05, 3.63) is 70.8 Å². The van der Waals surface area contributed by atoms with Gasteiger partial charge in [-0.25, -0.2) is 0 Å². The number of hydrogen-bond acceptors (Lipinski definition) is 3. The van der Waals surface area contributed by atoms with Crippen LogP contribution in [0.4, 0.5) is 0 Å². The van der Waals surface area contributed by atoms with Gasteiger partial charge in [0.25, 0.3) is 0 Å². The molecule has 6 rings (SSSR count). The van der Waals surface area contributed by atoms with Crippen molar-refractivity contribution in [3.8, 4) is 0 Å². The quantitative estimate of drug-likeness (QED) is 0.418. The minimum Gasteiger partial charge on any atom is -0.393 e. The molecule has 1 saturated heterocycles. The van der Waals surface area contributed by atoms with Gasteiger partial charge in [-0.15, -0.1) is 23.2 Å². The highest BCUT2D eigenvalue weighted by Crippen LogP contribution is 2.69. The van der Waals surface area contributed by atoms with E-state index in [1.54, 1.807) is 0 Å². The number of carbonyl (C=O) groups excluding carboxylic acids is 2. The van der Waals surface area contributed by atoms with Crippen molar-refractivity contribution in [2.45, 2.75) is 9.75 Å². The maximum absolute atomic E-state index is 12.4. The lowest BCUT2D eigenvalue weighted by Crippen LogP contribution is -2.57. The van der Waals surface area contributed by atoms with Gasteiger partial charge in [-0.1, -0.05) is 48.5 Å². The van der Waals surface area contributed by atoms with Gasteiger partial charge in [0.05, 0.1) is 0 Å². The van der Waals surface area contributed by atoms with Crippen LogP contribution in [0.3, 0.4) is 0 Å². The Morgan fingerprint density at radius 2 is 1.00 bits per heavy atom. The zero-order valence-corrected chi connectivity index (χ0v) is 13.3. The maximum atomic E-state index is 12.4. The topological polar surface area (TPSA) is 43.4 Å². The Hall–Kier alpha value is -1.84. The summed E-state index contributed by atoms with van der Waals surface area (Å²) in [6, 6.07) is 15.0. The van der Waals surface area contributed by atoms with Crippen molar-refractivity contribution >= 4 is 35.1 Å². The van der Waals surface area contributed by atoms with Gasteiger partial charge in [-0.05, 0) is 22.3 Å². The highest BCUT2D eigenvalue weighted by molar-refractivity contribution is 6.35. The molecular formula is C18H10Cl2O3. The molecule has 5 heteroatoms. The number of alkyl halides is 2. The van der Waals surface area contributed by atoms with Crippen LogP contribution < -0.4 is 0 Å². The molecule has 0 saturated carbocycles. The molecule has 2 atom stereocenters. The Kier molecular flexibility index (Phi) is 2.35. The van der Waals surface area contributed by atoms with Gasteiger partial charge in [-0.2, -0.15) is 0 Å². The molecule has 1 fully saturated rings. The first-order chi connectivity index (χ1) is 11.0. The third-order valence-electron chi connectivity index (χ3n) is 5.32. The van der Waals surface area contributed by atoms with Gasteiger partial charge >= 0.3 is 11.9 Å². The smallest absolute Gasteiger partial charge is 0.320 e. The average molecular weight is 345 g/mol. The lowest BCUT2D eigenvalue weighted by Gasteiger charge is -2.54. The summed E-state index contributed by atoms with van der Waals surface area (Å²) >= 11 is 14.1. The van der Waals surface area contributed by atoms with Gasteiger partial charge in [0, 0.05) is 0 Å². The number of esters is 2. The van der Waals surface area contributed by atoms with Crippen LogP contribution in [0.5, 0.6) is 0 Å². The number of carbonyl (C=O) groups is 2. The molecule has 2 aromatic carbocycles. The molecule has 4 aliphatic rings. The molecule has 1 heterocycles. The first-order valence-electron chi connectivity index (χ1n) is 7.34. The SMILES string of the molecule is O=C1OC(=O)[C@H]2[C@@H]1C1(Cl)c3ccccc3C2(Cl)c2ccccc21. The molecule has 23 heavy (non-hydrogen) atoms. The maximum Gasteiger partial charge on any atom is 0.320 e. The summed E-state index contributed by atoms with van der Waals surface area (Å²) in [6.45, 7) is 0. The van der Waals surface area contributed by atoms with Crippen molar-refractivity contribution in [1.29, 1.82) is 0 Å². The summed E-state index contributed by atoms with van der Waals surface area (Å²) < 4.78 is 4.94. The van der Waals surface area contributed by atoms with Gasteiger partial charge in [0.15, 0.2) is 0 Å². The number of halogens is 2. The minimum atomic E-state index is -1.13. The summed E-state index contributed by atoms with van der Waals surface area (Å²) in [7, 11) is 0. The monoisotopic (exact) mass is 344 g/mol. The van der Waals surface area contributed by atoms with Crippen LogP contribution in [0, 0.1) is 11.8 Å². The summed E-state index contributed by atoms with van der Waals surface area (Å²) in [5.41, 5.74) is 3.12. The molecule has 0 spiro atoms. The fraction of sp³-hybridized carbons (Fsp3) is 0.222. The third kappa shape index (κ3) is 1.28. The van der Waals surface area contributed by atoms with Gasteiger partial charge < -0.3 is 4.74 Å². The third-order valence-corrected chi connectivity index (χ3v) is 6.61. The van der Waals surface area contributed by atoms with E-state index >= 15 is 0 Å². The highest BCUT2D eigenvalue weighted by Gasteiger charge is 2.72. The number of benzene rings is 2. The van der Waals surface area contributed by atoms with E-state index in [4.69, 9.17) is 27.9 Å². The predicted octanol–water partition coefficient (Wildman–Crippen LogP) is 3.29. The molecule has 2 aromatic rings. The number of cyclic esters (lactones) is 2. The molecule has 1 aliphatic heterocycles. The van der Waals surface area contributed by atoms with Crippen molar-refractivity contribution in [2.75, 3.05) is 0 Å². The Bertz CT molecular complexity index is 785. The van der Waals surface area contributed by atoms with E-state index in [-0.39, 0.29) is 0 Å². The van der Waals surface area contributed by atoms with E-state index in [0.29, 0.717) is 0 Å². The van der Waals surface area contributed by atoms with E-state index in [1.807, 2.05) is 48.5 Å². The lowest BCUT2D eigenvalue weighted by molar-refractivity contribution is -0.154.